The predicted octanol–water partition coefficient (Wildman–Crippen LogP) is 2.17. The number of aromatic amines is 1. The summed E-state index contributed by atoms with van der Waals surface area (Å²) < 4.78 is 26.5. The number of nitrogens with one attached hydrogen (secondary N) is 2. The molecule has 23 heavy (non-hydrogen) atoms. The third-order valence-corrected chi connectivity index (χ3v) is 4.34. The third kappa shape index (κ3) is 2.84. The molecule has 1 aromatic heterocycles. The van der Waals surface area contributed by atoms with E-state index in [0.717, 1.165) is 36.4 Å². The van der Waals surface area contributed by atoms with E-state index in [1.807, 2.05) is 0 Å². The molecule has 2 heterocycles. The van der Waals surface area contributed by atoms with E-state index in [2.05, 4.69) is 15.5 Å². The van der Waals surface area contributed by atoms with Gasteiger partial charge in [-0.15, -0.1) is 0 Å². The smallest absolute Gasteiger partial charge is 0.274 e. The Morgan fingerprint density at radius 1 is 1.35 bits per heavy atom. The van der Waals surface area contributed by atoms with Crippen molar-refractivity contribution in [3.8, 4) is 0 Å². The van der Waals surface area contributed by atoms with Crippen molar-refractivity contribution < 1.29 is 13.6 Å². The molecule has 0 fully saturated rings. The van der Waals surface area contributed by atoms with E-state index in [-0.39, 0.29) is 5.91 Å². The van der Waals surface area contributed by atoms with Gasteiger partial charge in [-0.05, 0) is 24.6 Å². The summed E-state index contributed by atoms with van der Waals surface area (Å²) in [6, 6.07) is 3.26. The number of fused-ring (bicyclic) bond motifs is 1. The van der Waals surface area contributed by atoms with Gasteiger partial charge in [0.2, 0.25) is 0 Å². The van der Waals surface area contributed by atoms with Crippen molar-refractivity contribution in [1.29, 1.82) is 0 Å². The number of benzene rings is 1. The Hall–Kier alpha value is -2.28. The Kier molecular flexibility index (Phi) is 4.12. The Bertz CT molecular complexity index is 744. The molecule has 7 heteroatoms. The maximum atomic E-state index is 13.4. The number of hydrogen-bond acceptors (Lipinski definition) is 3. The van der Waals surface area contributed by atoms with Crippen molar-refractivity contribution in [3.63, 3.8) is 0 Å². The van der Waals surface area contributed by atoms with Crippen molar-refractivity contribution >= 4 is 5.91 Å². The molecule has 0 spiro atoms. The Morgan fingerprint density at radius 3 is 2.87 bits per heavy atom. The van der Waals surface area contributed by atoms with E-state index in [1.165, 1.54) is 11.0 Å². The second-order valence-electron chi connectivity index (χ2n) is 5.72. The number of halogens is 2. The van der Waals surface area contributed by atoms with Crippen molar-refractivity contribution in [2.24, 2.45) is 0 Å². The summed E-state index contributed by atoms with van der Waals surface area (Å²) in [4.78, 5) is 14.2. The highest BCUT2D eigenvalue weighted by atomic mass is 19.2. The summed E-state index contributed by atoms with van der Waals surface area (Å²) >= 11 is 0. The Balaban J connectivity index is 1.84. The molecule has 1 aromatic carbocycles. The Morgan fingerprint density at radius 2 is 2.13 bits per heavy atom. The maximum absolute atomic E-state index is 13.4. The van der Waals surface area contributed by atoms with E-state index in [1.54, 1.807) is 14.0 Å². The lowest BCUT2D eigenvalue weighted by Gasteiger charge is -2.25. The van der Waals surface area contributed by atoms with Gasteiger partial charge in [0.15, 0.2) is 17.3 Å². The maximum Gasteiger partial charge on any atom is 0.274 e. The van der Waals surface area contributed by atoms with Crippen molar-refractivity contribution in [2.45, 2.75) is 25.9 Å². The van der Waals surface area contributed by atoms with Gasteiger partial charge >= 0.3 is 0 Å². The van der Waals surface area contributed by atoms with Crippen LogP contribution in [-0.2, 0) is 13.0 Å². The molecule has 1 aliphatic heterocycles. The first-order valence-corrected chi connectivity index (χ1v) is 7.48. The van der Waals surface area contributed by atoms with Crippen LogP contribution < -0.4 is 5.32 Å². The standard InChI is InChI=1S/C16H18F2N4O/c1-9(10-3-4-12(17)13(18)7-10)22(2)16(23)15-11-8-19-6-5-14(11)20-21-15/h3-4,7,9,19H,5-6,8H2,1-2H3,(H,20,21). The molecular formula is C16H18F2N4O. The van der Waals surface area contributed by atoms with Crippen LogP contribution in [0.1, 0.15) is 40.3 Å². The lowest BCUT2D eigenvalue weighted by atomic mass is 10.0. The average molecular weight is 320 g/mol. The fourth-order valence-corrected chi connectivity index (χ4v) is 2.74. The molecule has 1 atom stereocenters. The first-order valence-electron chi connectivity index (χ1n) is 7.48. The summed E-state index contributed by atoms with van der Waals surface area (Å²) in [6.07, 6.45) is 0.804. The SMILES string of the molecule is CC(c1ccc(F)c(F)c1)N(C)C(=O)c1n[nH]c2c1CNCC2. The van der Waals surface area contributed by atoms with Crippen molar-refractivity contribution in [3.05, 3.63) is 52.3 Å². The Labute approximate surface area is 132 Å². The van der Waals surface area contributed by atoms with Crippen LogP contribution in [0.25, 0.3) is 0 Å². The zero-order chi connectivity index (χ0) is 16.6. The van der Waals surface area contributed by atoms with Crippen LogP contribution in [-0.4, -0.2) is 34.6 Å². The molecule has 122 valence electrons. The zero-order valence-corrected chi connectivity index (χ0v) is 13.0. The molecule has 3 rings (SSSR count). The minimum Gasteiger partial charge on any atom is -0.334 e. The van der Waals surface area contributed by atoms with Crippen LogP contribution in [0, 0.1) is 11.6 Å². The summed E-state index contributed by atoms with van der Waals surface area (Å²) in [5, 5.41) is 10.3. The first-order chi connectivity index (χ1) is 11.0. The summed E-state index contributed by atoms with van der Waals surface area (Å²) in [5.41, 5.74) is 2.76. The molecule has 0 radical (unpaired) electrons. The second-order valence-corrected chi connectivity index (χ2v) is 5.72. The number of nitrogens with zero attached hydrogens (tertiary/aromatic N) is 2. The molecule has 5 nitrogen and oxygen atoms in total. The summed E-state index contributed by atoms with van der Waals surface area (Å²) in [6.45, 7) is 3.21. The zero-order valence-electron chi connectivity index (χ0n) is 13.0. The number of carbonyl (C=O) groups is 1. The van der Waals surface area contributed by atoms with Gasteiger partial charge in [-0.25, -0.2) is 8.78 Å². The van der Waals surface area contributed by atoms with Gasteiger partial charge in [0, 0.05) is 37.8 Å². The molecule has 1 amide bonds. The van der Waals surface area contributed by atoms with Gasteiger partial charge in [0.05, 0.1) is 6.04 Å². The van der Waals surface area contributed by atoms with Crippen molar-refractivity contribution in [1.82, 2.24) is 20.4 Å². The van der Waals surface area contributed by atoms with Crippen LogP contribution in [0.2, 0.25) is 0 Å². The van der Waals surface area contributed by atoms with Crippen LogP contribution in [0.4, 0.5) is 8.78 Å². The van der Waals surface area contributed by atoms with Gasteiger partial charge in [-0.1, -0.05) is 6.07 Å². The quantitative estimate of drug-likeness (QED) is 0.911. The number of H-pyrrole nitrogens is 1. The van der Waals surface area contributed by atoms with Crippen LogP contribution >= 0.6 is 0 Å². The highest BCUT2D eigenvalue weighted by Gasteiger charge is 2.26. The van der Waals surface area contributed by atoms with Crippen LogP contribution in [0.15, 0.2) is 18.2 Å². The molecular weight excluding hydrogens is 302 g/mol. The normalized spacial score (nSPS) is 15.1. The van der Waals surface area contributed by atoms with E-state index in [4.69, 9.17) is 0 Å². The summed E-state index contributed by atoms with van der Waals surface area (Å²) in [5.74, 6) is -2.07. The molecule has 2 aromatic rings. The third-order valence-electron chi connectivity index (χ3n) is 4.34. The molecule has 0 aliphatic carbocycles. The van der Waals surface area contributed by atoms with Crippen molar-refractivity contribution in [2.75, 3.05) is 13.6 Å². The van der Waals surface area contributed by atoms with Crippen LogP contribution in [0.5, 0.6) is 0 Å². The molecule has 1 unspecified atom stereocenters. The van der Waals surface area contributed by atoms with Gasteiger partial charge in [-0.2, -0.15) is 5.10 Å². The molecule has 0 saturated heterocycles. The van der Waals surface area contributed by atoms with E-state index in [0.29, 0.717) is 17.8 Å². The van der Waals surface area contributed by atoms with Gasteiger partial charge < -0.3 is 10.2 Å². The fourth-order valence-electron chi connectivity index (χ4n) is 2.74. The number of hydrogen-bond donors (Lipinski definition) is 2. The lowest BCUT2D eigenvalue weighted by Crippen LogP contribution is -2.32. The predicted molar refractivity (Wildman–Crippen MR) is 80.9 cm³/mol. The van der Waals surface area contributed by atoms with Crippen LogP contribution in [0.3, 0.4) is 0 Å². The second kappa shape index (κ2) is 6.08. The number of rotatable bonds is 3. The average Bonchev–Trinajstić information content (AvgIpc) is 2.99. The molecule has 0 saturated carbocycles. The van der Waals surface area contributed by atoms with Gasteiger partial charge in [0.25, 0.3) is 5.91 Å². The minimum absolute atomic E-state index is 0.247. The highest BCUT2D eigenvalue weighted by Crippen LogP contribution is 2.24. The van der Waals surface area contributed by atoms with E-state index >= 15 is 0 Å². The molecule has 2 N–H and O–H groups in total. The minimum atomic E-state index is -0.920. The van der Waals surface area contributed by atoms with Gasteiger partial charge in [-0.3, -0.25) is 9.89 Å². The van der Waals surface area contributed by atoms with E-state index < -0.39 is 17.7 Å². The molecule has 0 bridgehead atoms. The number of amides is 1. The number of carbonyl (C=O) groups excluding carboxylic acids is 1. The monoisotopic (exact) mass is 320 g/mol. The number of aromatic nitrogens is 2. The van der Waals surface area contributed by atoms with E-state index in [9.17, 15) is 13.6 Å². The summed E-state index contributed by atoms with van der Waals surface area (Å²) in [7, 11) is 1.63. The highest BCUT2D eigenvalue weighted by molar-refractivity contribution is 5.94. The fraction of sp³-hybridized carbons (Fsp3) is 0.375. The largest absolute Gasteiger partial charge is 0.334 e. The first kappa shape index (κ1) is 15.6. The lowest BCUT2D eigenvalue weighted by molar-refractivity contribution is 0.0735. The molecule has 1 aliphatic rings. The topological polar surface area (TPSA) is 61.0 Å². The van der Waals surface area contributed by atoms with Gasteiger partial charge in [0.1, 0.15) is 0 Å².